The Bertz CT molecular complexity index is 1920. The van der Waals surface area contributed by atoms with Crippen LogP contribution in [0.15, 0.2) is 104 Å². The van der Waals surface area contributed by atoms with Crippen LogP contribution in [0, 0.1) is 0 Å². The standard InChI is InChI=1S/C32H30N6O2S/c1-41(39,40)16-15-33-19-23-7-9-25(10-8-23)26-11-13-29-30(18-26)34-22-35-32(29)37-28-12-14-31-27(17-28)20-36-38(31)21-24-5-3-2-4-6-24/h2-14,17-18,20,22,33H,15-16,19,21H2,1H3,(H,34,35,37). The number of benzene rings is 4. The number of aromatic nitrogens is 4. The number of hydrogen-bond acceptors (Lipinski definition) is 7. The fourth-order valence-corrected chi connectivity index (χ4v) is 5.34. The molecule has 9 heteroatoms. The summed E-state index contributed by atoms with van der Waals surface area (Å²) in [5, 5.41) is 13.2. The minimum atomic E-state index is -2.96. The van der Waals surface area contributed by atoms with Crippen LogP contribution >= 0.6 is 0 Å². The molecule has 6 aromatic rings. The molecule has 0 radical (unpaired) electrons. The Balaban J connectivity index is 1.16. The van der Waals surface area contributed by atoms with Gasteiger partial charge in [-0.15, -0.1) is 0 Å². The largest absolute Gasteiger partial charge is 0.340 e. The van der Waals surface area contributed by atoms with Crippen molar-refractivity contribution < 1.29 is 8.42 Å². The molecule has 0 bridgehead atoms. The van der Waals surface area contributed by atoms with Gasteiger partial charge in [0.05, 0.1) is 29.5 Å². The molecule has 8 nitrogen and oxygen atoms in total. The first-order chi connectivity index (χ1) is 19.9. The summed E-state index contributed by atoms with van der Waals surface area (Å²) in [7, 11) is -2.96. The van der Waals surface area contributed by atoms with Crippen LogP contribution in [0.25, 0.3) is 32.9 Å². The van der Waals surface area contributed by atoms with Crippen LogP contribution in [0.4, 0.5) is 11.5 Å². The molecule has 0 spiro atoms. The zero-order valence-corrected chi connectivity index (χ0v) is 23.5. The van der Waals surface area contributed by atoms with Crippen LogP contribution in [0.1, 0.15) is 11.1 Å². The van der Waals surface area contributed by atoms with E-state index in [1.807, 2.05) is 41.2 Å². The van der Waals surface area contributed by atoms with E-state index in [1.165, 1.54) is 11.8 Å². The Morgan fingerprint density at radius 1 is 0.829 bits per heavy atom. The second kappa shape index (κ2) is 11.5. The van der Waals surface area contributed by atoms with Crippen LogP contribution in [-0.2, 0) is 22.9 Å². The first-order valence-electron chi connectivity index (χ1n) is 13.4. The van der Waals surface area contributed by atoms with Gasteiger partial charge >= 0.3 is 0 Å². The summed E-state index contributed by atoms with van der Waals surface area (Å²) in [5.41, 5.74) is 7.31. The van der Waals surface area contributed by atoms with Gasteiger partial charge in [-0.05, 0) is 52.6 Å². The van der Waals surface area contributed by atoms with Crippen molar-refractivity contribution in [2.75, 3.05) is 23.9 Å². The van der Waals surface area contributed by atoms with E-state index in [2.05, 4.69) is 86.4 Å². The molecule has 0 saturated carbocycles. The highest BCUT2D eigenvalue weighted by molar-refractivity contribution is 7.90. The summed E-state index contributed by atoms with van der Waals surface area (Å²) in [6, 6.07) is 31.0. The van der Waals surface area contributed by atoms with Gasteiger partial charge in [0.2, 0.25) is 0 Å². The van der Waals surface area contributed by atoms with E-state index >= 15 is 0 Å². The Labute approximate surface area is 239 Å². The van der Waals surface area contributed by atoms with Gasteiger partial charge in [0, 0.05) is 35.8 Å². The van der Waals surface area contributed by atoms with E-state index in [0.29, 0.717) is 13.1 Å². The minimum Gasteiger partial charge on any atom is -0.340 e. The molecule has 2 N–H and O–H groups in total. The highest BCUT2D eigenvalue weighted by Gasteiger charge is 2.09. The predicted molar refractivity (Wildman–Crippen MR) is 165 cm³/mol. The first kappa shape index (κ1) is 26.6. The number of nitrogens with zero attached hydrogens (tertiary/aromatic N) is 4. The molecule has 6 rings (SSSR count). The molecule has 0 atom stereocenters. The van der Waals surface area contributed by atoms with Crippen molar-refractivity contribution in [3.63, 3.8) is 0 Å². The van der Waals surface area contributed by atoms with E-state index < -0.39 is 9.84 Å². The molecule has 2 aromatic heterocycles. The number of anilines is 2. The Morgan fingerprint density at radius 2 is 1.63 bits per heavy atom. The maximum atomic E-state index is 11.3. The maximum absolute atomic E-state index is 11.3. The average Bonchev–Trinajstić information content (AvgIpc) is 3.37. The van der Waals surface area contributed by atoms with Gasteiger partial charge in [0.15, 0.2) is 0 Å². The van der Waals surface area contributed by atoms with Crippen molar-refractivity contribution in [3.8, 4) is 11.1 Å². The Kier molecular flexibility index (Phi) is 7.45. The van der Waals surface area contributed by atoms with Crippen LogP contribution in [0.2, 0.25) is 0 Å². The van der Waals surface area contributed by atoms with Crippen LogP contribution in [0.5, 0.6) is 0 Å². The third-order valence-corrected chi connectivity index (χ3v) is 7.93. The summed E-state index contributed by atoms with van der Waals surface area (Å²) < 4.78 is 24.6. The van der Waals surface area contributed by atoms with Crippen LogP contribution < -0.4 is 10.6 Å². The van der Waals surface area contributed by atoms with Gasteiger partial charge < -0.3 is 10.6 Å². The lowest BCUT2D eigenvalue weighted by Gasteiger charge is -2.11. The molecule has 0 amide bonds. The number of nitrogens with one attached hydrogen (secondary N) is 2. The van der Waals surface area contributed by atoms with Gasteiger partial charge in [-0.25, -0.2) is 18.4 Å². The zero-order valence-electron chi connectivity index (χ0n) is 22.7. The smallest absolute Gasteiger partial charge is 0.148 e. The van der Waals surface area contributed by atoms with Crippen molar-refractivity contribution in [2.45, 2.75) is 13.1 Å². The van der Waals surface area contributed by atoms with Gasteiger partial charge in [0.25, 0.3) is 0 Å². The summed E-state index contributed by atoms with van der Waals surface area (Å²) in [5.74, 6) is 0.877. The van der Waals surface area contributed by atoms with Crippen molar-refractivity contribution >= 4 is 43.1 Å². The Morgan fingerprint density at radius 3 is 2.44 bits per heavy atom. The highest BCUT2D eigenvalue weighted by Crippen LogP contribution is 2.29. The van der Waals surface area contributed by atoms with Crippen molar-refractivity contribution in [1.82, 2.24) is 25.1 Å². The second-order valence-corrected chi connectivity index (χ2v) is 12.4. The molecule has 0 fully saturated rings. The zero-order chi connectivity index (χ0) is 28.2. The molecule has 0 saturated heterocycles. The van der Waals surface area contributed by atoms with E-state index in [-0.39, 0.29) is 5.75 Å². The van der Waals surface area contributed by atoms with E-state index in [1.54, 1.807) is 6.33 Å². The fourth-order valence-electron chi connectivity index (χ4n) is 4.83. The minimum absolute atomic E-state index is 0.134. The predicted octanol–water partition coefficient (Wildman–Crippen LogP) is 5.57. The molecule has 0 unspecified atom stereocenters. The number of rotatable bonds is 10. The highest BCUT2D eigenvalue weighted by atomic mass is 32.2. The van der Waals surface area contributed by atoms with E-state index in [4.69, 9.17) is 0 Å². The van der Waals surface area contributed by atoms with Crippen LogP contribution in [0.3, 0.4) is 0 Å². The quantitative estimate of drug-likeness (QED) is 0.210. The van der Waals surface area contributed by atoms with Crippen molar-refractivity contribution in [3.05, 3.63) is 115 Å². The Hall–Kier alpha value is -4.60. The number of fused-ring (bicyclic) bond motifs is 2. The third-order valence-electron chi connectivity index (χ3n) is 6.98. The lowest BCUT2D eigenvalue weighted by Crippen LogP contribution is -2.21. The monoisotopic (exact) mass is 562 g/mol. The summed E-state index contributed by atoms with van der Waals surface area (Å²) in [6.45, 7) is 1.78. The van der Waals surface area contributed by atoms with Crippen molar-refractivity contribution in [1.29, 1.82) is 0 Å². The number of sulfone groups is 1. The van der Waals surface area contributed by atoms with Gasteiger partial charge in [-0.2, -0.15) is 5.10 Å². The molecule has 206 valence electrons. The lowest BCUT2D eigenvalue weighted by atomic mass is 10.0. The van der Waals surface area contributed by atoms with Crippen LogP contribution in [-0.4, -0.2) is 46.7 Å². The van der Waals surface area contributed by atoms with E-state index in [0.717, 1.165) is 56.5 Å². The first-order valence-corrected chi connectivity index (χ1v) is 15.5. The second-order valence-electron chi connectivity index (χ2n) is 10.1. The van der Waals surface area contributed by atoms with Gasteiger partial charge in [-0.1, -0.05) is 60.7 Å². The maximum Gasteiger partial charge on any atom is 0.148 e. The fraction of sp³-hybridized carbons (Fsp3) is 0.156. The molecule has 0 aliphatic carbocycles. The average molecular weight is 563 g/mol. The lowest BCUT2D eigenvalue weighted by molar-refractivity contribution is 0.596. The molecule has 0 aliphatic heterocycles. The summed E-state index contributed by atoms with van der Waals surface area (Å²) >= 11 is 0. The van der Waals surface area contributed by atoms with E-state index in [9.17, 15) is 8.42 Å². The van der Waals surface area contributed by atoms with Gasteiger partial charge in [0.1, 0.15) is 22.0 Å². The number of hydrogen-bond donors (Lipinski definition) is 2. The normalized spacial score (nSPS) is 11.7. The van der Waals surface area contributed by atoms with Crippen molar-refractivity contribution in [2.24, 2.45) is 0 Å². The molecule has 0 aliphatic rings. The SMILES string of the molecule is CS(=O)(=O)CCNCc1ccc(-c2ccc3c(Nc4ccc5c(cnn5Cc5ccccc5)c4)ncnc3c2)cc1. The topological polar surface area (TPSA) is 102 Å². The van der Waals surface area contributed by atoms with Gasteiger partial charge in [-0.3, -0.25) is 4.68 Å². The molecule has 41 heavy (non-hydrogen) atoms. The summed E-state index contributed by atoms with van der Waals surface area (Å²) in [6.07, 6.45) is 4.72. The summed E-state index contributed by atoms with van der Waals surface area (Å²) in [4.78, 5) is 9.05. The molecular weight excluding hydrogens is 532 g/mol. The molecule has 4 aromatic carbocycles. The third kappa shape index (κ3) is 6.42. The molecular formula is C32H30N6O2S. The molecule has 2 heterocycles.